The van der Waals surface area contributed by atoms with Gasteiger partial charge in [0, 0.05) is 37.4 Å². The van der Waals surface area contributed by atoms with Crippen LogP contribution in [0.1, 0.15) is 32.4 Å². The van der Waals surface area contributed by atoms with Gasteiger partial charge in [0.15, 0.2) is 0 Å². The molecule has 1 aromatic heterocycles. The van der Waals surface area contributed by atoms with Crippen LogP contribution in [0.15, 0.2) is 48.5 Å². The standard InChI is InChI=1S/C24H33N3O5S/c1-18(2)32-24(28)27-14-8-13-22(26-33(29,30)16-15-31-3)23(27)17-20-11-7-12-21(25-20)19-9-5-4-6-10-19/h4-7,9-12,18,22-23,26H,8,13-17H2,1-3H3/t22-,23-/m1/s1. The highest BCUT2D eigenvalue weighted by molar-refractivity contribution is 7.89. The largest absolute Gasteiger partial charge is 0.447 e. The number of benzene rings is 1. The van der Waals surface area contributed by atoms with Gasteiger partial charge in [0.25, 0.3) is 0 Å². The number of nitrogens with one attached hydrogen (secondary N) is 1. The average Bonchev–Trinajstić information content (AvgIpc) is 2.79. The minimum absolute atomic E-state index is 0.104. The Balaban J connectivity index is 1.88. The number of hydrogen-bond acceptors (Lipinski definition) is 6. The number of carbonyl (C=O) groups is 1. The van der Waals surface area contributed by atoms with Gasteiger partial charge in [-0.05, 0) is 38.8 Å². The van der Waals surface area contributed by atoms with Gasteiger partial charge >= 0.3 is 6.09 Å². The Kier molecular flexibility index (Phi) is 8.82. The van der Waals surface area contributed by atoms with Crippen molar-refractivity contribution in [2.45, 2.75) is 51.3 Å². The van der Waals surface area contributed by atoms with Gasteiger partial charge in [0.1, 0.15) is 0 Å². The zero-order valence-corrected chi connectivity index (χ0v) is 20.3. The van der Waals surface area contributed by atoms with E-state index in [1.165, 1.54) is 7.11 Å². The third-order valence-corrected chi connectivity index (χ3v) is 6.90. The second kappa shape index (κ2) is 11.6. The maximum Gasteiger partial charge on any atom is 0.410 e. The Bertz CT molecular complexity index is 1010. The molecule has 1 aliphatic rings. The number of hydrogen-bond donors (Lipinski definition) is 1. The predicted molar refractivity (Wildman–Crippen MR) is 127 cm³/mol. The summed E-state index contributed by atoms with van der Waals surface area (Å²) in [4.78, 5) is 19.3. The Morgan fingerprint density at radius 1 is 1.18 bits per heavy atom. The van der Waals surface area contributed by atoms with Crippen LogP contribution in [0.4, 0.5) is 4.79 Å². The van der Waals surface area contributed by atoms with Crippen LogP contribution in [0.5, 0.6) is 0 Å². The molecule has 0 aliphatic carbocycles. The van der Waals surface area contributed by atoms with Crippen LogP contribution in [0, 0.1) is 0 Å². The number of amides is 1. The maximum absolute atomic E-state index is 12.9. The van der Waals surface area contributed by atoms with Crippen LogP contribution in [0.2, 0.25) is 0 Å². The first-order valence-corrected chi connectivity index (χ1v) is 12.9. The van der Waals surface area contributed by atoms with Crippen molar-refractivity contribution in [1.82, 2.24) is 14.6 Å². The number of nitrogens with zero attached hydrogens (tertiary/aromatic N) is 2. The number of pyridine rings is 1. The lowest BCUT2D eigenvalue weighted by atomic mass is 9.93. The molecule has 1 amide bonds. The highest BCUT2D eigenvalue weighted by Gasteiger charge is 2.37. The predicted octanol–water partition coefficient (Wildman–Crippen LogP) is 3.23. The molecule has 33 heavy (non-hydrogen) atoms. The number of likely N-dealkylation sites (tertiary alicyclic amines) is 1. The van der Waals surface area contributed by atoms with E-state index in [0.717, 1.165) is 17.0 Å². The fourth-order valence-electron chi connectivity index (χ4n) is 4.00. The van der Waals surface area contributed by atoms with E-state index in [2.05, 4.69) is 4.72 Å². The van der Waals surface area contributed by atoms with E-state index in [1.807, 2.05) is 48.5 Å². The molecule has 2 heterocycles. The third kappa shape index (κ3) is 7.25. The molecule has 0 saturated carbocycles. The molecule has 0 unspecified atom stereocenters. The van der Waals surface area contributed by atoms with Gasteiger partial charge in [-0.1, -0.05) is 36.4 Å². The number of ether oxygens (including phenoxy) is 2. The van der Waals surface area contributed by atoms with Crippen LogP contribution in [-0.4, -0.2) is 68.6 Å². The Morgan fingerprint density at radius 2 is 1.94 bits per heavy atom. The van der Waals surface area contributed by atoms with E-state index >= 15 is 0 Å². The SMILES string of the molecule is COCCS(=O)(=O)N[C@@H]1CCCN(C(=O)OC(C)C)[C@@H]1Cc1cccc(-c2ccccc2)n1. The monoisotopic (exact) mass is 475 g/mol. The summed E-state index contributed by atoms with van der Waals surface area (Å²) in [6.45, 7) is 4.21. The molecule has 0 radical (unpaired) electrons. The second-order valence-electron chi connectivity index (χ2n) is 8.46. The summed E-state index contributed by atoms with van der Waals surface area (Å²) in [6.07, 6.45) is 1.01. The number of piperidine rings is 1. The van der Waals surface area contributed by atoms with E-state index in [-0.39, 0.29) is 18.5 Å². The Hall–Kier alpha value is -2.49. The van der Waals surface area contributed by atoms with Crippen LogP contribution in [0.25, 0.3) is 11.3 Å². The number of sulfonamides is 1. The Labute approximate surface area is 196 Å². The average molecular weight is 476 g/mol. The first-order chi connectivity index (χ1) is 15.8. The molecule has 1 saturated heterocycles. The first-order valence-electron chi connectivity index (χ1n) is 11.3. The second-order valence-corrected chi connectivity index (χ2v) is 10.3. The van der Waals surface area contributed by atoms with Crippen molar-refractivity contribution in [2.24, 2.45) is 0 Å². The van der Waals surface area contributed by atoms with Crippen molar-refractivity contribution in [3.63, 3.8) is 0 Å². The van der Waals surface area contributed by atoms with Crippen molar-refractivity contribution in [3.05, 3.63) is 54.2 Å². The summed E-state index contributed by atoms with van der Waals surface area (Å²) < 4.78 is 38.4. The van der Waals surface area contributed by atoms with Gasteiger partial charge < -0.3 is 14.4 Å². The lowest BCUT2D eigenvalue weighted by Crippen LogP contribution is -2.58. The van der Waals surface area contributed by atoms with Gasteiger partial charge in [0.05, 0.1) is 30.2 Å². The highest BCUT2D eigenvalue weighted by atomic mass is 32.2. The summed E-state index contributed by atoms with van der Waals surface area (Å²) in [5.41, 5.74) is 2.61. The molecule has 2 aromatic rings. The molecule has 9 heteroatoms. The van der Waals surface area contributed by atoms with Crippen molar-refractivity contribution in [1.29, 1.82) is 0 Å². The minimum Gasteiger partial charge on any atom is -0.447 e. The molecule has 0 bridgehead atoms. The zero-order valence-electron chi connectivity index (χ0n) is 19.4. The van der Waals surface area contributed by atoms with Crippen LogP contribution in [0.3, 0.4) is 0 Å². The minimum atomic E-state index is -3.57. The molecule has 180 valence electrons. The van der Waals surface area contributed by atoms with Gasteiger partial charge in [-0.3, -0.25) is 4.98 Å². The van der Waals surface area contributed by atoms with Gasteiger partial charge in [-0.15, -0.1) is 0 Å². The van der Waals surface area contributed by atoms with Crippen molar-refractivity contribution in [3.8, 4) is 11.3 Å². The highest BCUT2D eigenvalue weighted by Crippen LogP contribution is 2.24. The molecule has 1 N–H and O–H groups in total. The third-order valence-electron chi connectivity index (χ3n) is 5.53. The Morgan fingerprint density at radius 3 is 2.64 bits per heavy atom. The summed E-state index contributed by atoms with van der Waals surface area (Å²) in [6, 6.07) is 14.8. The molecule has 8 nitrogen and oxygen atoms in total. The molecule has 3 rings (SSSR count). The van der Waals surface area contributed by atoms with E-state index in [9.17, 15) is 13.2 Å². The molecule has 2 atom stereocenters. The lowest BCUT2D eigenvalue weighted by Gasteiger charge is -2.41. The fraction of sp³-hybridized carbons (Fsp3) is 0.500. The van der Waals surface area contributed by atoms with Gasteiger partial charge in [-0.2, -0.15) is 0 Å². The topological polar surface area (TPSA) is 97.8 Å². The van der Waals surface area contributed by atoms with Crippen molar-refractivity contribution >= 4 is 16.1 Å². The number of methoxy groups -OCH3 is 1. The lowest BCUT2D eigenvalue weighted by molar-refractivity contribution is 0.0458. The quantitative estimate of drug-likeness (QED) is 0.598. The summed E-state index contributed by atoms with van der Waals surface area (Å²) in [5, 5.41) is 0. The fourth-order valence-corrected chi connectivity index (χ4v) is 5.24. The number of carbonyl (C=O) groups excluding carboxylic acids is 1. The van der Waals surface area contributed by atoms with Gasteiger partial charge in [-0.25, -0.2) is 17.9 Å². The van der Waals surface area contributed by atoms with E-state index in [1.54, 1.807) is 18.7 Å². The number of aromatic nitrogens is 1. The molecule has 0 spiro atoms. The zero-order chi connectivity index (χ0) is 23.8. The summed E-state index contributed by atoms with van der Waals surface area (Å²) in [5.74, 6) is -0.134. The first kappa shape index (κ1) is 25.1. The number of rotatable bonds is 9. The van der Waals surface area contributed by atoms with Crippen LogP contribution < -0.4 is 4.72 Å². The van der Waals surface area contributed by atoms with Crippen molar-refractivity contribution in [2.75, 3.05) is 26.0 Å². The molecular formula is C24H33N3O5S. The normalized spacial score (nSPS) is 19.0. The van der Waals surface area contributed by atoms with Crippen LogP contribution in [-0.2, 0) is 25.9 Å². The van der Waals surface area contributed by atoms with E-state index in [4.69, 9.17) is 14.5 Å². The smallest absolute Gasteiger partial charge is 0.410 e. The maximum atomic E-state index is 12.9. The molecular weight excluding hydrogens is 442 g/mol. The summed E-state index contributed by atoms with van der Waals surface area (Å²) >= 11 is 0. The van der Waals surface area contributed by atoms with E-state index in [0.29, 0.717) is 25.8 Å². The molecule has 1 fully saturated rings. The van der Waals surface area contributed by atoms with Crippen LogP contribution >= 0.6 is 0 Å². The van der Waals surface area contributed by atoms with Gasteiger partial charge in [0.2, 0.25) is 10.0 Å². The van der Waals surface area contributed by atoms with Crippen molar-refractivity contribution < 1.29 is 22.7 Å². The summed E-state index contributed by atoms with van der Waals surface area (Å²) in [7, 11) is -2.10. The van der Waals surface area contributed by atoms with E-state index < -0.39 is 28.2 Å². The molecule has 1 aliphatic heterocycles. The molecule has 1 aromatic carbocycles.